The van der Waals surface area contributed by atoms with E-state index in [1.807, 2.05) is 5.01 Å². The first-order chi connectivity index (χ1) is 6.20. The van der Waals surface area contributed by atoms with Crippen LogP contribution in [-0.4, -0.2) is 41.5 Å². The molecule has 0 bridgehead atoms. The fraction of sp³-hybridized carbons (Fsp3) is 1.00. The van der Waals surface area contributed by atoms with Crippen molar-refractivity contribution in [2.45, 2.75) is 37.4 Å². The van der Waals surface area contributed by atoms with E-state index in [0.717, 1.165) is 38.8 Å². The molecule has 1 spiro atoms. The van der Waals surface area contributed by atoms with Gasteiger partial charge in [0.25, 0.3) is 0 Å². The Balaban J connectivity index is 1.95. The fourth-order valence-corrected chi connectivity index (χ4v) is 2.28. The number of ether oxygens (including phenoxy) is 1. The Hall–Kier alpha value is -0.160. The van der Waals surface area contributed by atoms with Crippen molar-refractivity contribution < 1.29 is 9.84 Å². The first-order valence-electron chi connectivity index (χ1n) is 5.02. The molecular formula is C9H18N2O2. The van der Waals surface area contributed by atoms with Gasteiger partial charge in [-0.15, -0.1) is 0 Å². The Bertz CT molecular complexity index is 178. The monoisotopic (exact) mass is 186 g/mol. The molecule has 2 heterocycles. The highest BCUT2D eigenvalue weighted by Crippen LogP contribution is 2.34. The molecule has 0 aromatic heterocycles. The molecule has 13 heavy (non-hydrogen) atoms. The molecule has 2 fully saturated rings. The lowest BCUT2D eigenvalue weighted by Gasteiger charge is -2.44. The third-order valence-corrected chi connectivity index (χ3v) is 3.18. The molecule has 2 saturated heterocycles. The number of hydrazine groups is 1. The van der Waals surface area contributed by atoms with E-state index in [1.54, 1.807) is 0 Å². The quantitative estimate of drug-likeness (QED) is 0.517. The SMILES string of the molecule is NN1CCC2(CC1)C[C@@H](O)CCO2. The number of hydrogen-bond acceptors (Lipinski definition) is 4. The van der Waals surface area contributed by atoms with Crippen LogP contribution in [0.4, 0.5) is 0 Å². The summed E-state index contributed by atoms with van der Waals surface area (Å²) in [5, 5.41) is 11.4. The molecule has 4 nitrogen and oxygen atoms in total. The molecule has 1 atom stereocenters. The van der Waals surface area contributed by atoms with Crippen LogP contribution >= 0.6 is 0 Å². The number of aliphatic hydroxyl groups excluding tert-OH is 1. The third kappa shape index (κ3) is 2.02. The van der Waals surface area contributed by atoms with Gasteiger partial charge < -0.3 is 9.84 Å². The molecule has 76 valence electrons. The Morgan fingerprint density at radius 3 is 2.69 bits per heavy atom. The van der Waals surface area contributed by atoms with Crippen molar-refractivity contribution in [3.8, 4) is 0 Å². The summed E-state index contributed by atoms with van der Waals surface area (Å²) in [7, 11) is 0. The molecule has 0 aromatic rings. The van der Waals surface area contributed by atoms with E-state index in [1.165, 1.54) is 0 Å². The smallest absolute Gasteiger partial charge is 0.0732 e. The van der Waals surface area contributed by atoms with Crippen LogP contribution in [0.5, 0.6) is 0 Å². The van der Waals surface area contributed by atoms with Crippen LogP contribution in [0.25, 0.3) is 0 Å². The van der Waals surface area contributed by atoms with Crippen LogP contribution in [0.1, 0.15) is 25.7 Å². The predicted octanol–water partition coefficient (Wildman–Crippen LogP) is -0.134. The second-order valence-corrected chi connectivity index (χ2v) is 4.21. The van der Waals surface area contributed by atoms with Crippen molar-refractivity contribution in [2.24, 2.45) is 5.84 Å². The van der Waals surface area contributed by atoms with Crippen LogP contribution < -0.4 is 5.84 Å². The van der Waals surface area contributed by atoms with Gasteiger partial charge in [-0.05, 0) is 19.3 Å². The lowest BCUT2D eigenvalue weighted by atomic mass is 9.84. The lowest BCUT2D eigenvalue weighted by Crippen LogP contribution is -2.52. The molecule has 0 amide bonds. The Labute approximate surface area is 78.6 Å². The van der Waals surface area contributed by atoms with Gasteiger partial charge >= 0.3 is 0 Å². The molecule has 2 aliphatic rings. The minimum atomic E-state index is -0.168. The molecule has 0 unspecified atom stereocenters. The van der Waals surface area contributed by atoms with Crippen LogP contribution in [0, 0.1) is 0 Å². The molecule has 2 aliphatic heterocycles. The van der Waals surface area contributed by atoms with Gasteiger partial charge in [0.1, 0.15) is 0 Å². The van der Waals surface area contributed by atoms with E-state index in [-0.39, 0.29) is 11.7 Å². The molecular weight excluding hydrogens is 168 g/mol. The first-order valence-corrected chi connectivity index (χ1v) is 5.02. The molecule has 4 heteroatoms. The summed E-state index contributed by atoms with van der Waals surface area (Å²) in [6.45, 7) is 2.46. The maximum Gasteiger partial charge on any atom is 0.0732 e. The van der Waals surface area contributed by atoms with E-state index >= 15 is 0 Å². The van der Waals surface area contributed by atoms with Crippen LogP contribution in [0.2, 0.25) is 0 Å². The minimum absolute atomic E-state index is 0.0620. The first kappa shape index (κ1) is 9.40. The number of nitrogens with two attached hydrogens (primary N) is 1. The molecule has 0 aliphatic carbocycles. The van der Waals surface area contributed by atoms with Gasteiger partial charge in [-0.25, -0.2) is 5.01 Å². The maximum atomic E-state index is 9.57. The predicted molar refractivity (Wildman–Crippen MR) is 48.9 cm³/mol. The van der Waals surface area contributed by atoms with Gasteiger partial charge in [0.2, 0.25) is 0 Å². The average Bonchev–Trinajstić information content (AvgIpc) is 2.11. The van der Waals surface area contributed by atoms with Crippen molar-refractivity contribution in [2.75, 3.05) is 19.7 Å². The zero-order chi connectivity index (χ0) is 9.31. The van der Waals surface area contributed by atoms with Crippen LogP contribution in [-0.2, 0) is 4.74 Å². The highest BCUT2D eigenvalue weighted by Gasteiger charge is 2.39. The van der Waals surface area contributed by atoms with Crippen molar-refractivity contribution in [3.05, 3.63) is 0 Å². The summed E-state index contributed by atoms with van der Waals surface area (Å²) < 4.78 is 5.78. The Kier molecular flexibility index (Phi) is 2.55. The standard InChI is InChI=1S/C9H18N2O2/c10-11-4-2-9(3-5-11)7-8(12)1-6-13-9/h8,12H,1-7,10H2/t8-/m0/s1. The molecule has 3 N–H and O–H groups in total. The summed E-state index contributed by atoms with van der Waals surface area (Å²) in [4.78, 5) is 0. The van der Waals surface area contributed by atoms with Crippen LogP contribution in [0.15, 0.2) is 0 Å². The fourth-order valence-electron chi connectivity index (χ4n) is 2.28. The summed E-state index contributed by atoms with van der Waals surface area (Å²) in [5.41, 5.74) is -0.0620. The Morgan fingerprint density at radius 2 is 2.08 bits per heavy atom. The summed E-state index contributed by atoms with van der Waals surface area (Å²) >= 11 is 0. The normalized spacial score (nSPS) is 35.1. The highest BCUT2D eigenvalue weighted by atomic mass is 16.5. The number of nitrogens with zero attached hydrogens (tertiary/aromatic N) is 1. The number of aliphatic hydroxyl groups is 1. The van der Waals surface area contributed by atoms with E-state index in [9.17, 15) is 5.11 Å². The Morgan fingerprint density at radius 1 is 1.38 bits per heavy atom. The lowest BCUT2D eigenvalue weighted by molar-refractivity contribution is -0.143. The maximum absolute atomic E-state index is 9.57. The van der Waals surface area contributed by atoms with Crippen molar-refractivity contribution in [1.82, 2.24) is 5.01 Å². The topological polar surface area (TPSA) is 58.7 Å². The number of hydrogen-bond donors (Lipinski definition) is 2. The molecule has 0 radical (unpaired) electrons. The van der Waals surface area contributed by atoms with E-state index < -0.39 is 0 Å². The zero-order valence-electron chi connectivity index (χ0n) is 7.91. The molecule has 0 aromatic carbocycles. The largest absolute Gasteiger partial charge is 0.393 e. The minimum Gasteiger partial charge on any atom is -0.393 e. The van der Waals surface area contributed by atoms with Gasteiger partial charge in [0.05, 0.1) is 11.7 Å². The van der Waals surface area contributed by atoms with E-state index in [2.05, 4.69) is 0 Å². The van der Waals surface area contributed by atoms with Gasteiger partial charge in [-0.2, -0.15) is 0 Å². The molecule has 2 rings (SSSR count). The van der Waals surface area contributed by atoms with Crippen molar-refractivity contribution in [1.29, 1.82) is 0 Å². The number of rotatable bonds is 0. The van der Waals surface area contributed by atoms with Gasteiger partial charge in [0, 0.05) is 26.1 Å². The van der Waals surface area contributed by atoms with Crippen molar-refractivity contribution >= 4 is 0 Å². The summed E-state index contributed by atoms with van der Waals surface area (Å²) in [5.74, 6) is 5.67. The van der Waals surface area contributed by atoms with Gasteiger partial charge in [-0.3, -0.25) is 5.84 Å². The van der Waals surface area contributed by atoms with Gasteiger partial charge in [0.15, 0.2) is 0 Å². The van der Waals surface area contributed by atoms with E-state index in [0.29, 0.717) is 6.61 Å². The highest BCUT2D eigenvalue weighted by molar-refractivity contribution is 4.91. The number of piperidine rings is 1. The second-order valence-electron chi connectivity index (χ2n) is 4.21. The second kappa shape index (κ2) is 3.53. The van der Waals surface area contributed by atoms with Gasteiger partial charge in [-0.1, -0.05) is 0 Å². The van der Waals surface area contributed by atoms with Crippen molar-refractivity contribution in [3.63, 3.8) is 0 Å². The van der Waals surface area contributed by atoms with Crippen LogP contribution in [0.3, 0.4) is 0 Å². The average molecular weight is 186 g/mol. The summed E-state index contributed by atoms with van der Waals surface area (Å²) in [6.07, 6.45) is 3.33. The molecule has 0 saturated carbocycles. The van der Waals surface area contributed by atoms with E-state index in [4.69, 9.17) is 10.6 Å². The summed E-state index contributed by atoms with van der Waals surface area (Å²) in [6, 6.07) is 0. The third-order valence-electron chi connectivity index (χ3n) is 3.18. The zero-order valence-corrected chi connectivity index (χ0v) is 7.91.